The van der Waals surface area contributed by atoms with Gasteiger partial charge in [0, 0.05) is 17.8 Å². The van der Waals surface area contributed by atoms with Crippen LogP contribution in [0.25, 0.3) is 22.3 Å². The van der Waals surface area contributed by atoms with Gasteiger partial charge in [-0.1, -0.05) is 11.6 Å². The van der Waals surface area contributed by atoms with Crippen LogP contribution in [0.1, 0.15) is 70.4 Å². The highest BCUT2D eigenvalue weighted by Crippen LogP contribution is 2.36. The van der Waals surface area contributed by atoms with Crippen molar-refractivity contribution in [1.29, 1.82) is 0 Å². The standard InChI is InChI=1S/C27H30ClF4N7O2/c1-13(2)39-20-8-14(7-18(29)23(20)36-24(39)26(3,4)41)22-17(28)11-33-25(37-22)35-19-6-5-16(9-21(19)40)38-12-15(10-34-38)27(30,31)32/h7-8,10-13,16,19,21,40-41H,5-6,9H2,1-4H3,(H,33,35,37)/t16-,19-,21-/m1/s1. The number of alkyl halides is 3. The van der Waals surface area contributed by atoms with Crippen molar-refractivity contribution in [2.75, 3.05) is 5.32 Å². The zero-order valence-corrected chi connectivity index (χ0v) is 23.5. The van der Waals surface area contributed by atoms with Crippen LogP contribution < -0.4 is 5.32 Å². The number of aliphatic hydroxyl groups is 2. The normalized spacial score (nSPS) is 20.2. The number of halogens is 5. The van der Waals surface area contributed by atoms with Crippen LogP contribution in [0, 0.1) is 5.82 Å². The molecule has 0 radical (unpaired) electrons. The van der Waals surface area contributed by atoms with Gasteiger partial charge < -0.3 is 20.1 Å². The maximum atomic E-state index is 15.3. The maximum Gasteiger partial charge on any atom is 0.419 e. The first-order valence-corrected chi connectivity index (χ1v) is 13.5. The summed E-state index contributed by atoms with van der Waals surface area (Å²) in [7, 11) is 0. The highest BCUT2D eigenvalue weighted by Gasteiger charge is 2.35. The van der Waals surface area contributed by atoms with Crippen molar-refractivity contribution in [3.05, 3.63) is 53.0 Å². The van der Waals surface area contributed by atoms with E-state index in [2.05, 4.69) is 25.4 Å². The van der Waals surface area contributed by atoms with E-state index in [1.165, 1.54) is 16.9 Å². The second kappa shape index (κ2) is 10.5. The molecule has 0 amide bonds. The minimum atomic E-state index is -4.49. The second-order valence-electron chi connectivity index (χ2n) is 11.2. The predicted molar refractivity (Wildman–Crippen MR) is 145 cm³/mol. The van der Waals surface area contributed by atoms with Crippen LogP contribution in [0.3, 0.4) is 0 Å². The molecule has 41 heavy (non-hydrogen) atoms. The van der Waals surface area contributed by atoms with Crippen molar-refractivity contribution >= 4 is 28.6 Å². The highest BCUT2D eigenvalue weighted by atomic mass is 35.5. The number of anilines is 1. The minimum Gasteiger partial charge on any atom is -0.391 e. The fourth-order valence-corrected chi connectivity index (χ4v) is 5.47. The number of hydrogen-bond acceptors (Lipinski definition) is 7. The van der Waals surface area contributed by atoms with E-state index in [0.717, 1.165) is 12.4 Å². The molecule has 1 aliphatic carbocycles. The molecular weight excluding hydrogens is 566 g/mol. The summed E-state index contributed by atoms with van der Waals surface area (Å²) in [6.45, 7) is 6.98. The van der Waals surface area contributed by atoms with Crippen molar-refractivity contribution in [3.8, 4) is 11.3 Å². The Labute approximate surface area is 238 Å². The van der Waals surface area contributed by atoms with Gasteiger partial charge in [0.1, 0.15) is 16.9 Å². The van der Waals surface area contributed by atoms with Crippen LogP contribution >= 0.6 is 11.6 Å². The fraction of sp³-hybridized carbons (Fsp3) is 0.481. The van der Waals surface area contributed by atoms with Gasteiger partial charge in [-0.15, -0.1) is 0 Å². The van der Waals surface area contributed by atoms with E-state index in [9.17, 15) is 23.4 Å². The monoisotopic (exact) mass is 595 g/mol. The van der Waals surface area contributed by atoms with Crippen LogP contribution in [0.5, 0.6) is 0 Å². The fourth-order valence-electron chi connectivity index (χ4n) is 5.27. The van der Waals surface area contributed by atoms with Gasteiger partial charge in [-0.3, -0.25) is 4.68 Å². The van der Waals surface area contributed by atoms with Crippen molar-refractivity contribution in [2.45, 2.75) is 83.0 Å². The van der Waals surface area contributed by atoms with E-state index in [4.69, 9.17) is 11.6 Å². The first kappa shape index (κ1) is 29.2. The van der Waals surface area contributed by atoms with Gasteiger partial charge in [-0.05, 0) is 59.1 Å². The summed E-state index contributed by atoms with van der Waals surface area (Å²) in [4.78, 5) is 13.1. The molecule has 1 aromatic carbocycles. The number of rotatable bonds is 6. The van der Waals surface area contributed by atoms with Crippen LogP contribution in [0.4, 0.5) is 23.5 Å². The smallest absolute Gasteiger partial charge is 0.391 e. The molecule has 4 aromatic rings. The van der Waals surface area contributed by atoms with Gasteiger partial charge in [0.2, 0.25) is 5.95 Å². The predicted octanol–water partition coefficient (Wildman–Crippen LogP) is 5.88. The molecule has 3 N–H and O–H groups in total. The molecule has 14 heteroatoms. The maximum absolute atomic E-state index is 15.3. The number of nitrogens with one attached hydrogen (secondary N) is 1. The number of fused-ring (bicyclic) bond motifs is 1. The lowest BCUT2D eigenvalue weighted by molar-refractivity contribution is -0.137. The average molecular weight is 596 g/mol. The van der Waals surface area contributed by atoms with Crippen molar-refractivity contribution < 1.29 is 27.8 Å². The third-order valence-corrected chi connectivity index (χ3v) is 7.51. The van der Waals surface area contributed by atoms with E-state index in [1.54, 1.807) is 24.5 Å². The molecule has 0 bridgehead atoms. The lowest BCUT2D eigenvalue weighted by Crippen LogP contribution is -2.40. The summed E-state index contributed by atoms with van der Waals surface area (Å²) >= 11 is 6.43. The highest BCUT2D eigenvalue weighted by molar-refractivity contribution is 6.33. The molecule has 1 aliphatic rings. The van der Waals surface area contributed by atoms with Crippen LogP contribution in [0.2, 0.25) is 5.02 Å². The molecule has 3 heterocycles. The summed E-state index contributed by atoms with van der Waals surface area (Å²) in [5.74, 6) is -0.128. The van der Waals surface area contributed by atoms with Crippen LogP contribution in [-0.4, -0.2) is 51.7 Å². The molecule has 0 unspecified atom stereocenters. The Morgan fingerprint density at radius 2 is 1.85 bits per heavy atom. The number of imidazole rings is 1. The Bertz CT molecular complexity index is 1580. The zero-order valence-electron chi connectivity index (χ0n) is 22.8. The Balaban J connectivity index is 1.40. The molecular formula is C27H30ClF4N7O2. The third kappa shape index (κ3) is 5.75. The summed E-state index contributed by atoms with van der Waals surface area (Å²) in [5.41, 5.74) is -0.933. The van der Waals surface area contributed by atoms with E-state index < -0.39 is 41.3 Å². The molecule has 3 aromatic heterocycles. The number of aliphatic hydroxyl groups excluding tert-OH is 1. The lowest BCUT2D eigenvalue weighted by atomic mass is 9.88. The van der Waals surface area contributed by atoms with Crippen molar-refractivity contribution in [3.63, 3.8) is 0 Å². The quantitative estimate of drug-likeness (QED) is 0.239. The van der Waals surface area contributed by atoms with Gasteiger partial charge in [-0.2, -0.15) is 18.3 Å². The number of benzene rings is 1. The minimum absolute atomic E-state index is 0.113. The first-order chi connectivity index (χ1) is 19.1. The number of nitrogens with zero attached hydrogens (tertiary/aromatic N) is 6. The van der Waals surface area contributed by atoms with Gasteiger partial charge in [0.25, 0.3) is 0 Å². The SMILES string of the molecule is CC(C)n1c(C(C)(C)O)nc2c(F)cc(-c3nc(N[C@@H]4CC[C@@H](n5cc(C(F)(F)F)cn5)C[C@H]4O)ncc3Cl)cc21. The van der Waals surface area contributed by atoms with Gasteiger partial charge in [0.05, 0.1) is 52.4 Å². The molecule has 0 aliphatic heterocycles. The molecule has 0 saturated heterocycles. The Morgan fingerprint density at radius 1 is 1.12 bits per heavy atom. The Hall–Kier alpha value is -3.29. The van der Waals surface area contributed by atoms with Gasteiger partial charge in [-0.25, -0.2) is 19.3 Å². The van der Waals surface area contributed by atoms with Gasteiger partial charge in [0.15, 0.2) is 5.82 Å². The largest absolute Gasteiger partial charge is 0.419 e. The van der Waals surface area contributed by atoms with E-state index in [0.29, 0.717) is 29.7 Å². The topological polar surface area (TPSA) is 114 Å². The molecule has 5 rings (SSSR count). The Morgan fingerprint density at radius 3 is 2.46 bits per heavy atom. The van der Waals surface area contributed by atoms with Crippen LogP contribution in [-0.2, 0) is 11.8 Å². The van der Waals surface area contributed by atoms with Crippen LogP contribution in [0.15, 0.2) is 30.7 Å². The summed E-state index contributed by atoms with van der Waals surface area (Å²) in [5, 5.41) is 28.5. The van der Waals surface area contributed by atoms with Crippen molar-refractivity contribution in [1.82, 2.24) is 29.3 Å². The summed E-state index contributed by atoms with van der Waals surface area (Å²) in [6, 6.07) is 1.97. The Kier molecular flexibility index (Phi) is 7.49. The molecule has 3 atom stereocenters. The molecule has 220 valence electrons. The zero-order chi connectivity index (χ0) is 29.9. The van der Waals surface area contributed by atoms with E-state index in [-0.39, 0.29) is 34.6 Å². The van der Waals surface area contributed by atoms with Crippen molar-refractivity contribution in [2.24, 2.45) is 0 Å². The number of aromatic nitrogens is 6. The molecule has 9 nitrogen and oxygen atoms in total. The van der Waals surface area contributed by atoms with E-state index in [1.807, 2.05) is 13.8 Å². The average Bonchev–Trinajstić information content (AvgIpc) is 3.52. The van der Waals surface area contributed by atoms with Gasteiger partial charge >= 0.3 is 6.18 Å². The lowest BCUT2D eigenvalue weighted by Gasteiger charge is -2.33. The summed E-state index contributed by atoms with van der Waals surface area (Å²) in [6.07, 6.45) is -1.23. The van der Waals surface area contributed by atoms with E-state index >= 15 is 4.39 Å². The molecule has 1 saturated carbocycles. The molecule has 0 spiro atoms. The molecule has 1 fully saturated rings. The first-order valence-electron chi connectivity index (χ1n) is 13.2. The summed E-state index contributed by atoms with van der Waals surface area (Å²) < 4.78 is 57.2. The third-order valence-electron chi connectivity index (χ3n) is 7.24. The second-order valence-corrected chi connectivity index (χ2v) is 11.6. The number of hydrogen-bond donors (Lipinski definition) is 3.